The molecule has 5 heteroatoms. The molecule has 14 heavy (non-hydrogen) atoms. The molecule has 0 saturated carbocycles. The molecular formula is C9H12FN3S. The molecule has 1 rings (SSSR count). The lowest BCUT2D eigenvalue weighted by Gasteiger charge is -2.15. The van der Waals surface area contributed by atoms with Crippen LogP contribution >= 0.6 is 12.2 Å². The van der Waals surface area contributed by atoms with Crippen LogP contribution in [-0.4, -0.2) is 5.11 Å². The third-order valence-corrected chi connectivity index (χ3v) is 2.08. The first kappa shape index (κ1) is 10.9. The highest BCUT2D eigenvalue weighted by molar-refractivity contribution is 7.80. The minimum atomic E-state index is -0.250. The zero-order chi connectivity index (χ0) is 10.6. The smallest absolute Gasteiger partial charge is 0.181 e. The molecule has 4 N–H and O–H groups in total. The summed E-state index contributed by atoms with van der Waals surface area (Å²) in [5.74, 6) is 4.86. The Morgan fingerprint density at radius 1 is 1.43 bits per heavy atom. The molecule has 3 nitrogen and oxygen atoms in total. The van der Waals surface area contributed by atoms with Crippen LogP contribution in [0.4, 0.5) is 4.39 Å². The summed E-state index contributed by atoms with van der Waals surface area (Å²) in [6.45, 7) is 1.91. The zero-order valence-electron chi connectivity index (χ0n) is 7.75. The van der Waals surface area contributed by atoms with Crippen molar-refractivity contribution in [3.05, 3.63) is 35.6 Å². The maximum absolute atomic E-state index is 12.6. The van der Waals surface area contributed by atoms with E-state index < -0.39 is 0 Å². The number of hydrogen-bond acceptors (Lipinski definition) is 2. The van der Waals surface area contributed by atoms with Gasteiger partial charge in [0.25, 0.3) is 0 Å². The lowest BCUT2D eigenvalue weighted by molar-refractivity contribution is 0.624. The number of rotatable bonds is 2. The van der Waals surface area contributed by atoms with Gasteiger partial charge in [-0.3, -0.25) is 0 Å². The van der Waals surface area contributed by atoms with Gasteiger partial charge < -0.3 is 10.7 Å². The van der Waals surface area contributed by atoms with E-state index in [9.17, 15) is 4.39 Å². The minimum Gasteiger partial charge on any atom is -0.355 e. The molecule has 0 radical (unpaired) electrons. The summed E-state index contributed by atoms with van der Waals surface area (Å²) in [7, 11) is 0. The van der Waals surface area contributed by atoms with Crippen molar-refractivity contribution in [1.29, 1.82) is 0 Å². The number of benzene rings is 1. The average Bonchev–Trinajstić information content (AvgIpc) is 2.18. The van der Waals surface area contributed by atoms with E-state index in [1.54, 1.807) is 12.1 Å². The van der Waals surface area contributed by atoms with Gasteiger partial charge in [0.2, 0.25) is 0 Å². The molecule has 0 aliphatic rings. The van der Waals surface area contributed by atoms with Gasteiger partial charge in [0.05, 0.1) is 6.04 Å². The van der Waals surface area contributed by atoms with Crippen molar-refractivity contribution in [2.45, 2.75) is 13.0 Å². The normalized spacial score (nSPS) is 11.9. The van der Waals surface area contributed by atoms with Gasteiger partial charge in [-0.1, -0.05) is 12.1 Å². The molecule has 0 aliphatic carbocycles. The molecule has 1 aromatic rings. The molecule has 0 heterocycles. The van der Waals surface area contributed by atoms with Crippen molar-refractivity contribution >= 4 is 17.3 Å². The highest BCUT2D eigenvalue weighted by Gasteiger charge is 2.05. The first-order valence-electron chi connectivity index (χ1n) is 4.16. The first-order valence-corrected chi connectivity index (χ1v) is 4.57. The molecular weight excluding hydrogens is 201 g/mol. The molecule has 1 unspecified atom stereocenters. The van der Waals surface area contributed by atoms with Gasteiger partial charge in [0.15, 0.2) is 5.11 Å². The lowest BCUT2D eigenvalue weighted by Crippen LogP contribution is -2.40. The van der Waals surface area contributed by atoms with Crippen LogP contribution in [0.1, 0.15) is 18.5 Å². The second kappa shape index (κ2) is 4.88. The summed E-state index contributed by atoms with van der Waals surface area (Å²) >= 11 is 4.84. The van der Waals surface area contributed by atoms with Crippen LogP contribution in [0.2, 0.25) is 0 Å². The summed E-state index contributed by atoms with van der Waals surface area (Å²) in [6, 6.07) is 6.22. The minimum absolute atomic E-state index is 0.000787. The van der Waals surface area contributed by atoms with E-state index in [0.29, 0.717) is 5.11 Å². The number of hydrazine groups is 1. The van der Waals surface area contributed by atoms with E-state index in [4.69, 9.17) is 18.1 Å². The lowest BCUT2D eigenvalue weighted by atomic mass is 10.1. The third-order valence-electron chi connectivity index (χ3n) is 1.85. The summed E-state index contributed by atoms with van der Waals surface area (Å²) in [5.41, 5.74) is 3.27. The molecule has 0 bridgehead atoms. The van der Waals surface area contributed by atoms with E-state index in [-0.39, 0.29) is 11.9 Å². The van der Waals surface area contributed by atoms with Gasteiger partial charge in [-0.15, -0.1) is 0 Å². The van der Waals surface area contributed by atoms with Gasteiger partial charge in [0.1, 0.15) is 5.82 Å². The molecule has 0 spiro atoms. The van der Waals surface area contributed by atoms with Crippen LogP contribution in [0.5, 0.6) is 0 Å². The second-order valence-corrected chi connectivity index (χ2v) is 3.30. The number of nitrogens with two attached hydrogens (primary N) is 1. The van der Waals surface area contributed by atoms with Crippen LogP contribution in [0.25, 0.3) is 0 Å². The monoisotopic (exact) mass is 213 g/mol. The van der Waals surface area contributed by atoms with Gasteiger partial charge in [0, 0.05) is 0 Å². The van der Waals surface area contributed by atoms with Crippen LogP contribution in [-0.2, 0) is 0 Å². The molecule has 0 saturated heterocycles. The Bertz CT molecular complexity index is 312. The van der Waals surface area contributed by atoms with E-state index in [2.05, 4.69) is 10.7 Å². The molecule has 0 aromatic heterocycles. The standard InChI is InChI=1S/C9H12FN3S/c1-6(12-9(14)13-11)7-2-4-8(10)5-3-7/h2-6H,11H2,1H3,(H2,12,13,14). The van der Waals surface area contributed by atoms with Crippen molar-refractivity contribution in [2.75, 3.05) is 0 Å². The Morgan fingerprint density at radius 3 is 2.50 bits per heavy atom. The molecule has 1 aromatic carbocycles. The van der Waals surface area contributed by atoms with E-state index in [1.807, 2.05) is 6.92 Å². The largest absolute Gasteiger partial charge is 0.355 e. The maximum Gasteiger partial charge on any atom is 0.181 e. The van der Waals surface area contributed by atoms with Crippen molar-refractivity contribution in [3.8, 4) is 0 Å². The van der Waals surface area contributed by atoms with Crippen molar-refractivity contribution in [2.24, 2.45) is 5.84 Å². The highest BCUT2D eigenvalue weighted by atomic mass is 32.1. The fourth-order valence-electron chi connectivity index (χ4n) is 1.07. The third kappa shape index (κ3) is 2.93. The first-order chi connectivity index (χ1) is 6.63. The maximum atomic E-state index is 12.6. The zero-order valence-corrected chi connectivity index (χ0v) is 8.57. The SMILES string of the molecule is CC(NC(=S)NN)c1ccc(F)cc1. The van der Waals surface area contributed by atoms with E-state index in [1.165, 1.54) is 12.1 Å². The average molecular weight is 213 g/mol. The summed E-state index contributed by atoms with van der Waals surface area (Å²) in [6.07, 6.45) is 0. The molecule has 0 fully saturated rings. The highest BCUT2D eigenvalue weighted by Crippen LogP contribution is 2.12. The Labute approximate surface area is 87.5 Å². The summed E-state index contributed by atoms with van der Waals surface area (Å²) in [4.78, 5) is 0. The van der Waals surface area contributed by atoms with E-state index >= 15 is 0 Å². The second-order valence-electron chi connectivity index (χ2n) is 2.89. The Hall–Kier alpha value is -1.20. The Morgan fingerprint density at radius 2 is 2.00 bits per heavy atom. The van der Waals surface area contributed by atoms with Crippen LogP contribution in [0.15, 0.2) is 24.3 Å². The predicted octanol–water partition coefficient (Wildman–Crippen LogP) is 1.22. The summed E-state index contributed by atoms with van der Waals surface area (Å²) in [5, 5.41) is 3.30. The summed E-state index contributed by atoms with van der Waals surface area (Å²) < 4.78 is 12.6. The van der Waals surface area contributed by atoms with Gasteiger partial charge in [-0.2, -0.15) is 0 Å². The van der Waals surface area contributed by atoms with E-state index in [0.717, 1.165) is 5.56 Å². The number of halogens is 1. The topological polar surface area (TPSA) is 50.1 Å². The molecule has 76 valence electrons. The van der Waals surface area contributed by atoms with Crippen LogP contribution < -0.4 is 16.6 Å². The van der Waals surface area contributed by atoms with Crippen LogP contribution in [0, 0.1) is 5.82 Å². The molecule has 1 atom stereocenters. The Kier molecular flexibility index (Phi) is 3.79. The fraction of sp³-hybridized carbons (Fsp3) is 0.222. The van der Waals surface area contributed by atoms with Crippen molar-refractivity contribution in [3.63, 3.8) is 0 Å². The number of nitrogens with one attached hydrogen (secondary N) is 2. The quantitative estimate of drug-likeness (QED) is 0.393. The van der Waals surface area contributed by atoms with Crippen LogP contribution in [0.3, 0.4) is 0 Å². The number of thiocarbonyl (C=S) groups is 1. The van der Waals surface area contributed by atoms with Gasteiger partial charge in [-0.25, -0.2) is 10.2 Å². The van der Waals surface area contributed by atoms with Crippen molar-refractivity contribution in [1.82, 2.24) is 10.7 Å². The molecule has 0 aliphatic heterocycles. The Balaban J connectivity index is 2.65. The molecule has 0 amide bonds. The fourth-order valence-corrected chi connectivity index (χ4v) is 1.25. The van der Waals surface area contributed by atoms with Crippen molar-refractivity contribution < 1.29 is 4.39 Å². The predicted molar refractivity (Wildman–Crippen MR) is 57.9 cm³/mol. The van der Waals surface area contributed by atoms with Gasteiger partial charge in [-0.05, 0) is 36.8 Å². The van der Waals surface area contributed by atoms with Gasteiger partial charge >= 0.3 is 0 Å². The number of hydrogen-bond donors (Lipinski definition) is 3.